The van der Waals surface area contributed by atoms with Gasteiger partial charge < -0.3 is 15.5 Å². The first-order valence-corrected chi connectivity index (χ1v) is 8.89. The third-order valence-corrected chi connectivity index (χ3v) is 4.29. The van der Waals surface area contributed by atoms with Crippen LogP contribution in [0.15, 0.2) is 36.8 Å². The number of aromatic amines is 1. The minimum Gasteiger partial charge on any atom is -0.475 e. The topological polar surface area (TPSA) is 76.8 Å². The second kappa shape index (κ2) is 7.60. The summed E-state index contributed by atoms with van der Waals surface area (Å²) in [5.74, 6) is 0.302. The van der Waals surface area contributed by atoms with E-state index in [4.69, 9.17) is 10.5 Å². The smallest absolute Gasteiger partial charge is 0.269 e. The molecule has 0 aromatic carbocycles. The lowest BCUT2D eigenvalue weighted by atomic mass is 9.93. The van der Waals surface area contributed by atoms with Gasteiger partial charge in [0.1, 0.15) is 12.3 Å². The molecule has 0 aliphatic heterocycles. The maximum atomic E-state index is 13.6. The number of pyridine rings is 2. The fourth-order valence-corrected chi connectivity index (χ4v) is 3.31. The van der Waals surface area contributed by atoms with E-state index in [1.165, 1.54) is 12.3 Å². The van der Waals surface area contributed by atoms with Crippen LogP contribution in [0, 0.1) is 5.92 Å². The Morgan fingerprint density at radius 2 is 2.07 bits per heavy atom. The summed E-state index contributed by atoms with van der Waals surface area (Å²) >= 11 is 0. The number of nitrogens with zero attached hydrogens (tertiary/aromatic N) is 2. The molecule has 0 spiro atoms. The first-order chi connectivity index (χ1) is 12.8. The van der Waals surface area contributed by atoms with Crippen molar-refractivity contribution < 1.29 is 13.5 Å². The number of ether oxygens (including phenoxy) is 1. The molecule has 0 fully saturated rings. The second-order valence-electron chi connectivity index (χ2n) is 7.56. The summed E-state index contributed by atoms with van der Waals surface area (Å²) in [5, 5.41) is 0.847. The average Bonchev–Trinajstić information content (AvgIpc) is 3.03. The van der Waals surface area contributed by atoms with Crippen LogP contribution in [0.2, 0.25) is 0 Å². The van der Waals surface area contributed by atoms with E-state index in [9.17, 15) is 8.78 Å². The number of hydrogen-bond donors (Lipinski definition) is 2. The highest BCUT2D eigenvalue weighted by atomic mass is 19.3. The van der Waals surface area contributed by atoms with Gasteiger partial charge >= 0.3 is 0 Å². The van der Waals surface area contributed by atoms with Crippen LogP contribution >= 0.6 is 0 Å². The van der Waals surface area contributed by atoms with Crippen molar-refractivity contribution in [3.05, 3.63) is 42.4 Å². The average molecular weight is 374 g/mol. The van der Waals surface area contributed by atoms with E-state index in [0.29, 0.717) is 17.1 Å². The van der Waals surface area contributed by atoms with Crippen LogP contribution in [0.25, 0.3) is 22.2 Å². The van der Waals surface area contributed by atoms with Crippen molar-refractivity contribution in [2.45, 2.75) is 39.2 Å². The first kappa shape index (κ1) is 19.2. The molecule has 3 aromatic heterocycles. The van der Waals surface area contributed by atoms with Gasteiger partial charge in [-0.05, 0) is 37.5 Å². The van der Waals surface area contributed by atoms with E-state index < -0.39 is 12.0 Å². The van der Waals surface area contributed by atoms with Gasteiger partial charge in [0.2, 0.25) is 5.88 Å². The number of halogens is 2. The Bertz CT molecular complexity index is 921. The molecule has 3 aromatic rings. The van der Waals surface area contributed by atoms with E-state index in [-0.39, 0.29) is 18.1 Å². The van der Waals surface area contributed by atoms with Crippen molar-refractivity contribution in [3.63, 3.8) is 0 Å². The molecule has 3 rings (SSSR count). The highest BCUT2D eigenvalue weighted by molar-refractivity contribution is 5.93. The molecule has 0 radical (unpaired) electrons. The van der Waals surface area contributed by atoms with Crippen LogP contribution in [-0.2, 0) is 0 Å². The van der Waals surface area contributed by atoms with Crippen LogP contribution in [0.5, 0.6) is 5.88 Å². The third-order valence-electron chi connectivity index (χ3n) is 4.29. The maximum Gasteiger partial charge on any atom is 0.269 e. The van der Waals surface area contributed by atoms with Crippen molar-refractivity contribution in [3.8, 4) is 17.0 Å². The van der Waals surface area contributed by atoms with Crippen molar-refractivity contribution in [2.75, 3.05) is 6.61 Å². The molecule has 0 aliphatic rings. The number of H-pyrrole nitrogens is 1. The highest BCUT2D eigenvalue weighted by Gasteiger charge is 2.24. The zero-order valence-electron chi connectivity index (χ0n) is 15.7. The number of rotatable bonds is 7. The zero-order chi connectivity index (χ0) is 19.6. The Morgan fingerprint density at radius 3 is 2.78 bits per heavy atom. The number of alkyl halides is 2. The predicted octanol–water partition coefficient (Wildman–Crippen LogP) is 4.70. The zero-order valence-corrected chi connectivity index (χ0v) is 15.7. The molecular formula is C20H24F2N4O. The van der Waals surface area contributed by atoms with Gasteiger partial charge in [0, 0.05) is 40.6 Å². The lowest BCUT2D eigenvalue weighted by Crippen LogP contribution is -2.43. The van der Waals surface area contributed by atoms with Gasteiger partial charge in [-0.3, -0.25) is 0 Å². The monoisotopic (exact) mass is 374 g/mol. The van der Waals surface area contributed by atoms with E-state index in [1.807, 2.05) is 13.0 Å². The summed E-state index contributed by atoms with van der Waals surface area (Å²) in [6, 6.07) is 5.10. The minimum atomic E-state index is -2.70. The second-order valence-corrected chi connectivity index (χ2v) is 7.56. The minimum absolute atomic E-state index is 0.0767. The normalized spacial score (nSPS) is 14.1. The molecule has 3 heterocycles. The lowest BCUT2D eigenvalue weighted by Gasteiger charge is -2.26. The van der Waals surface area contributed by atoms with Crippen molar-refractivity contribution >= 4 is 11.0 Å². The van der Waals surface area contributed by atoms with E-state index in [1.54, 1.807) is 18.5 Å². The first-order valence-electron chi connectivity index (χ1n) is 8.89. The molecule has 5 nitrogen and oxygen atoms in total. The molecule has 0 aliphatic carbocycles. The van der Waals surface area contributed by atoms with E-state index in [2.05, 4.69) is 28.8 Å². The summed E-state index contributed by atoms with van der Waals surface area (Å²) in [5.41, 5.74) is 7.39. The summed E-state index contributed by atoms with van der Waals surface area (Å²) in [7, 11) is 0. The van der Waals surface area contributed by atoms with E-state index >= 15 is 0 Å². The van der Waals surface area contributed by atoms with Gasteiger partial charge in [0.05, 0.1) is 5.56 Å². The Hall–Kier alpha value is -2.54. The number of hydrogen-bond acceptors (Lipinski definition) is 4. The quantitative estimate of drug-likeness (QED) is 0.628. The van der Waals surface area contributed by atoms with Crippen LogP contribution in [0.4, 0.5) is 8.78 Å². The fourth-order valence-electron chi connectivity index (χ4n) is 3.31. The van der Waals surface area contributed by atoms with Gasteiger partial charge in [0.15, 0.2) is 0 Å². The van der Waals surface area contributed by atoms with Gasteiger partial charge in [-0.1, -0.05) is 13.8 Å². The molecule has 0 saturated heterocycles. The highest BCUT2D eigenvalue weighted by Crippen LogP contribution is 2.34. The Morgan fingerprint density at radius 1 is 1.30 bits per heavy atom. The van der Waals surface area contributed by atoms with E-state index in [0.717, 1.165) is 17.4 Å². The number of nitrogens with two attached hydrogens (primary N) is 1. The van der Waals surface area contributed by atoms with Crippen molar-refractivity contribution in [1.82, 2.24) is 15.0 Å². The van der Waals surface area contributed by atoms with Crippen LogP contribution < -0.4 is 10.5 Å². The molecule has 144 valence electrons. The molecule has 1 atom stereocenters. The summed E-state index contributed by atoms with van der Waals surface area (Å²) in [4.78, 5) is 11.4. The largest absolute Gasteiger partial charge is 0.475 e. The molecule has 3 N–H and O–H groups in total. The van der Waals surface area contributed by atoms with Gasteiger partial charge in [-0.2, -0.15) is 0 Å². The molecule has 27 heavy (non-hydrogen) atoms. The number of aromatic nitrogens is 3. The maximum absolute atomic E-state index is 13.6. The molecule has 0 amide bonds. The molecular weight excluding hydrogens is 350 g/mol. The summed E-state index contributed by atoms with van der Waals surface area (Å²) < 4.78 is 32.8. The lowest BCUT2D eigenvalue weighted by molar-refractivity contribution is 0.137. The van der Waals surface area contributed by atoms with Gasteiger partial charge in [-0.15, -0.1) is 0 Å². The standard InChI is InChI=1S/C20H24F2N4O/c1-12(2)8-20(3,23)11-27-19-15(17(21)22)7-13(9-26-19)16-10-25-18-14(16)5-4-6-24-18/h4-7,9-10,12,17H,8,11,23H2,1-3H3,(H,24,25)/t20-/m0/s1. The van der Waals surface area contributed by atoms with Crippen LogP contribution in [-0.4, -0.2) is 27.1 Å². The third kappa shape index (κ3) is 4.42. The molecule has 7 heteroatoms. The Kier molecular flexibility index (Phi) is 5.41. The Labute approximate surface area is 157 Å². The molecule has 0 saturated carbocycles. The molecule has 0 unspecified atom stereocenters. The number of fused-ring (bicyclic) bond motifs is 1. The number of nitrogens with one attached hydrogen (secondary N) is 1. The SMILES string of the molecule is CC(C)C[C@](C)(N)COc1ncc(-c2c[nH]c3ncccc23)cc1C(F)F. The van der Waals surface area contributed by atoms with Crippen LogP contribution in [0.3, 0.4) is 0 Å². The fraction of sp³-hybridized carbons (Fsp3) is 0.400. The van der Waals surface area contributed by atoms with Crippen molar-refractivity contribution in [2.24, 2.45) is 11.7 Å². The summed E-state index contributed by atoms with van der Waals surface area (Å²) in [6.45, 7) is 6.08. The Balaban J connectivity index is 1.89. The van der Waals surface area contributed by atoms with Gasteiger partial charge in [0.25, 0.3) is 6.43 Å². The summed E-state index contributed by atoms with van der Waals surface area (Å²) in [6.07, 6.45) is 2.96. The predicted molar refractivity (Wildman–Crippen MR) is 102 cm³/mol. The van der Waals surface area contributed by atoms with Crippen molar-refractivity contribution in [1.29, 1.82) is 0 Å². The van der Waals surface area contributed by atoms with Gasteiger partial charge in [-0.25, -0.2) is 18.7 Å². The van der Waals surface area contributed by atoms with Crippen LogP contribution in [0.1, 0.15) is 39.2 Å². The molecule has 0 bridgehead atoms.